The number of nitrogens with zero attached hydrogens (tertiary/aromatic N) is 3. The van der Waals surface area contributed by atoms with Crippen LogP contribution in [0, 0.1) is 0 Å². The quantitative estimate of drug-likeness (QED) is 0.117. The normalized spacial score (nSPS) is 12.0. The van der Waals surface area contributed by atoms with Crippen molar-refractivity contribution >= 4 is 23.3 Å². The maximum absolute atomic E-state index is 12.7. The summed E-state index contributed by atoms with van der Waals surface area (Å²) >= 11 is 0. The third-order valence-electron chi connectivity index (χ3n) is 3.95. The smallest absolute Gasteiger partial charge is 0.253 e. The van der Waals surface area contributed by atoms with Gasteiger partial charge in [-0.3, -0.25) is 9.18 Å². The van der Waals surface area contributed by atoms with Crippen molar-refractivity contribution in [2.45, 2.75) is 32.1 Å². The number of benzene rings is 1. The molecule has 0 spiro atoms. The second kappa shape index (κ2) is 11.5. The number of anilines is 1. The first-order chi connectivity index (χ1) is 12.9. The van der Waals surface area contributed by atoms with Crippen LogP contribution >= 0.6 is 0 Å². The predicted molar refractivity (Wildman–Crippen MR) is 103 cm³/mol. The summed E-state index contributed by atoms with van der Waals surface area (Å²) in [7, 11) is 0. The lowest BCUT2D eigenvalue weighted by molar-refractivity contribution is -0.115. The van der Waals surface area contributed by atoms with Gasteiger partial charge in [0.05, 0.1) is 6.67 Å². The van der Waals surface area contributed by atoms with Gasteiger partial charge in [-0.15, -0.1) is 0 Å². The van der Waals surface area contributed by atoms with Crippen LogP contribution in [0.5, 0.6) is 0 Å². The van der Waals surface area contributed by atoms with Gasteiger partial charge in [-0.25, -0.2) is 0 Å². The van der Waals surface area contributed by atoms with Gasteiger partial charge in [0, 0.05) is 36.2 Å². The van der Waals surface area contributed by atoms with Crippen molar-refractivity contribution in [3.05, 3.63) is 42.0 Å². The van der Waals surface area contributed by atoms with E-state index in [-0.39, 0.29) is 29.6 Å². The van der Waals surface area contributed by atoms with Crippen molar-refractivity contribution < 1.29 is 19.6 Å². The lowest BCUT2D eigenvalue weighted by Crippen LogP contribution is -2.33. The summed E-state index contributed by atoms with van der Waals surface area (Å²) in [4.78, 5) is 14.2. The SMILES string of the molecule is C=C(CCF)C(=O)N(CCCCC/C(N)=N/O)c1cccc(/C(N)=N/O)c1. The summed E-state index contributed by atoms with van der Waals surface area (Å²) in [6.45, 7) is 3.37. The van der Waals surface area contributed by atoms with E-state index in [1.807, 2.05) is 0 Å². The molecule has 0 saturated carbocycles. The first kappa shape index (κ1) is 21.9. The van der Waals surface area contributed by atoms with Crippen LogP contribution in [0.3, 0.4) is 0 Å². The van der Waals surface area contributed by atoms with E-state index in [4.69, 9.17) is 21.9 Å². The Morgan fingerprint density at radius 1 is 1.15 bits per heavy atom. The fourth-order valence-electron chi connectivity index (χ4n) is 2.45. The van der Waals surface area contributed by atoms with Crippen LogP contribution in [-0.4, -0.2) is 41.2 Å². The van der Waals surface area contributed by atoms with E-state index >= 15 is 0 Å². The summed E-state index contributed by atoms with van der Waals surface area (Å²) in [5.74, 6) is -0.294. The molecule has 0 fully saturated rings. The molecule has 9 heteroatoms. The Kier molecular flexibility index (Phi) is 9.35. The number of alkyl halides is 1. The number of rotatable bonds is 11. The number of carbonyl (C=O) groups excluding carboxylic acids is 1. The van der Waals surface area contributed by atoms with E-state index in [1.54, 1.807) is 24.3 Å². The van der Waals surface area contributed by atoms with Gasteiger partial charge in [0.15, 0.2) is 5.84 Å². The van der Waals surface area contributed by atoms with Crippen molar-refractivity contribution in [1.29, 1.82) is 0 Å². The molecule has 148 valence electrons. The Morgan fingerprint density at radius 3 is 2.52 bits per heavy atom. The zero-order chi connectivity index (χ0) is 20.2. The van der Waals surface area contributed by atoms with E-state index in [2.05, 4.69) is 16.9 Å². The molecule has 1 aromatic rings. The molecule has 1 rings (SSSR count). The highest BCUT2D eigenvalue weighted by Crippen LogP contribution is 2.20. The summed E-state index contributed by atoms with van der Waals surface area (Å²) in [6.07, 6.45) is 2.51. The molecule has 6 N–H and O–H groups in total. The molecule has 0 atom stereocenters. The number of oxime groups is 2. The van der Waals surface area contributed by atoms with Gasteiger partial charge in [0.1, 0.15) is 5.84 Å². The number of nitrogens with two attached hydrogens (primary N) is 2. The number of carbonyl (C=O) groups is 1. The molecule has 1 aromatic carbocycles. The first-order valence-electron chi connectivity index (χ1n) is 8.54. The molecule has 0 radical (unpaired) electrons. The predicted octanol–water partition coefficient (Wildman–Crippen LogP) is 2.34. The second-order valence-electron chi connectivity index (χ2n) is 5.94. The van der Waals surface area contributed by atoms with Crippen molar-refractivity contribution in [2.24, 2.45) is 21.8 Å². The second-order valence-corrected chi connectivity index (χ2v) is 5.94. The molecule has 27 heavy (non-hydrogen) atoms. The molecule has 0 aliphatic carbocycles. The van der Waals surface area contributed by atoms with Crippen LogP contribution in [0.2, 0.25) is 0 Å². The molecule has 1 amide bonds. The Morgan fingerprint density at radius 2 is 1.89 bits per heavy atom. The summed E-state index contributed by atoms with van der Waals surface area (Å²) in [6, 6.07) is 6.66. The highest BCUT2D eigenvalue weighted by Gasteiger charge is 2.19. The zero-order valence-corrected chi connectivity index (χ0v) is 15.1. The van der Waals surface area contributed by atoms with E-state index in [0.29, 0.717) is 37.1 Å². The number of halogens is 1. The van der Waals surface area contributed by atoms with E-state index in [0.717, 1.165) is 6.42 Å². The van der Waals surface area contributed by atoms with Crippen LogP contribution in [0.25, 0.3) is 0 Å². The fourth-order valence-corrected chi connectivity index (χ4v) is 2.45. The average Bonchev–Trinajstić information content (AvgIpc) is 2.69. The third kappa shape index (κ3) is 6.96. The number of hydrogen-bond donors (Lipinski definition) is 4. The highest BCUT2D eigenvalue weighted by molar-refractivity contribution is 6.06. The fraction of sp³-hybridized carbons (Fsp3) is 0.389. The lowest BCUT2D eigenvalue weighted by Gasteiger charge is -2.24. The molecule has 0 aliphatic heterocycles. The Balaban J connectivity index is 2.91. The number of hydrogen-bond acceptors (Lipinski definition) is 5. The Labute approximate surface area is 157 Å². The molecule has 0 bridgehead atoms. The molecule has 0 saturated heterocycles. The number of amidine groups is 2. The van der Waals surface area contributed by atoms with Crippen molar-refractivity contribution in [1.82, 2.24) is 0 Å². The topological polar surface area (TPSA) is 138 Å². The molecule has 8 nitrogen and oxygen atoms in total. The van der Waals surface area contributed by atoms with E-state index < -0.39 is 6.67 Å². The van der Waals surface area contributed by atoms with Gasteiger partial charge in [-0.2, -0.15) is 0 Å². The molecule has 0 unspecified atom stereocenters. The van der Waals surface area contributed by atoms with Gasteiger partial charge >= 0.3 is 0 Å². The van der Waals surface area contributed by atoms with Crippen LogP contribution in [0.4, 0.5) is 10.1 Å². The van der Waals surface area contributed by atoms with Crippen LogP contribution in [0.1, 0.15) is 37.7 Å². The highest BCUT2D eigenvalue weighted by atomic mass is 19.1. The third-order valence-corrected chi connectivity index (χ3v) is 3.95. The van der Waals surface area contributed by atoms with Gasteiger partial charge in [-0.05, 0) is 25.0 Å². The van der Waals surface area contributed by atoms with Crippen LogP contribution in [0.15, 0.2) is 46.7 Å². The van der Waals surface area contributed by atoms with Crippen LogP contribution in [-0.2, 0) is 4.79 Å². The van der Waals surface area contributed by atoms with Gasteiger partial charge in [-0.1, -0.05) is 35.4 Å². The lowest BCUT2D eigenvalue weighted by atomic mass is 10.1. The minimum absolute atomic E-state index is 0.0429. The first-order valence-corrected chi connectivity index (χ1v) is 8.54. The summed E-state index contributed by atoms with van der Waals surface area (Å²) < 4.78 is 12.6. The Hall–Kier alpha value is -3.10. The molecule has 0 heterocycles. The zero-order valence-electron chi connectivity index (χ0n) is 15.1. The van der Waals surface area contributed by atoms with Crippen molar-refractivity contribution in [2.75, 3.05) is 18.1 Å². The summed E-state index contributed by atoms with van der Waals surface area (Å²) in [5, 5.41) is 23.2. The minimum Gasteiger partial charge on any atom is -0.409 e. The average molecular weight is 379 g/mol. The van der Waals surface area contributed by atoms with Gasteiger partial charge in [0.2, 0.25) is 0 Å². The molecular formula is C18H26FN5O3. The monoisotopic (exact) mass is 379 g/mol. The van der Waals surface area contributed by atoms with E-state index in [1.165, 1.54) is 4.90 Å². The standard InChI is InChI=1S/C18H26FN5O3/c1-13(9-10-19)18(25)24(11-4-2-3-8-16(20)22-26)15-7-5-6-14(12-15)17(21)23-27/h5-7,12,26-27H,1-4,8-11H2,(H2,20,22)(H2,21,23). The Bertz CT molecular complexity index is 706. The largest absolute Gasteiger partial charge is 0.409 e. The van der Waals surface area contributed by atoms with Crippen LogP contribution < -0.4 is 16.4 Å². The molecule has 0 aliphatic rings. The van der Waals surface area contributed by atoms with Gasteiger partial charge in [0.25, 0.3) is 5.91 Å². The maximum atomic E-state index is 12.7. The number of amides is 1. The maximum Gasteiger partial charge on any atom is 0.253 e. The van der Waals surface area contributed by atoms with Gasteiger partial charge < -0.3 is 26.8 Å². The minimum atomic E-state index is -0.664. The summed E-state index contributed by atoms with van der Waals surface area (Å²) in [5.41, 5.74) is 12.2. The number of unbranched alkanes of at least 4 members (excludes halogenated alkanes) is 2. The van der Waals surface area contributed by atoms with E-state index in [9.17, 15) is 9.18 Å². The molecule has 0 aromatic heterocycles. The molecular weight excluding hydrogens is 353 g/mol. The van der Waals surface area contributed by atoms with Crippen molar-refractivity contribution in [3.63, 3.8) is 0 Å². The van der Waals surface area contributed by atoms with Crippen molar-refractivity contribution in [3.8, 4) is 0 Å².